The molecule has 0 saturated carbocycles. The Kier molecular flexibility index (Phi) is 4.83. The molecule has 0 amide bonds. The first-order chi connectivity index (χ1) is 10.7. The van der Waals surface area contributed by atoms with Gasteiger partial charge in [-0.1, -0.05) is 42.5 Å². The summed E-state index contributed by atoms with van der Waals surface area (Å²) in [5.74, 6) is -0.339. The van der Waals surface area contributed by atoms with Gasteiger partial charge in [-0.15, -0.1) is 0 Å². The average molecular weight is 301 g/mol. The molecule has 3 rings (SSSR count). The second-order valence-electron chi connectivity index (χ2n) is 5.63. The van der Waals surface area contributed by atoms with Crippen LogP contribution >= 0.6 is 0 Å². The molecule has 116 valence electrons. The van der Waals surface area contributed by atoms with E-state index in [4.69, 9.17) is 4.74 Å². The minimum atomic E-state index is -0.811. The van der Waals surface area contributed by atoms with E-state index in [1.807, 2.05) is 18.2 Å². The molecule has 1 unspecified atom stereocenters. The van der Waals surface area contributed by atoms with Crippen molar-refractivity contribution in [1.82, 2.24) is 4.90 Å². The molecule has 2 aromatic rings. The topological polar surface area (TPSA) is 32.7 Å². The fourth-order valence-electron chi connectivity index (χ4n) is 2.81. The minimum Gasteiger partial charge on any atom is -0.386 e. The molecule has 0 aliphatic carbocycles. The van der Waals surface area contributed by atoms with Crippen LogP contribution in [-0.2, 0) is 11.3 Å². The first-order valence-electron chi connectivity index (χ1n) is 7.54. The van der Waals surface area contributed by atoms with E-state index in [9.17, 15) is 9.50 Å². The minimum absolute atomic E-state index is 0.334. The van der Waals surface area contributed by atoms with Crippen molar-refractivity contribution in [3.05, 3.63) is 71.5 Å². The summed E-state index contributed by atoms with van der Waals surface area (Å²) in [6, 6.07) is 16.3. The van der Waals surface area contributed by atoms with Crippen molar-refractivity contribution in [2.75, 3.05) is 19.7 Å². The molecule has 2 aromatic carbocycles. The van der Waals surface area contributed by atoms with Gasteiger partial charge in [-0.05, 0) is 23.3 Å². The van der Waals surface area contributed by atoms with Crippen LogP contribution in [0.3, 0.4) is 0 Å². The summed E-state index contributed by atoms with van der Waals surface area (Å²) in [5, 5.41) is 10.4. The number of morpholine rings is 1. The fourth-order valence-corrected chi connectivity index (χ4v) is 2.81. The first-order valence-corrected chi connectivity index (χ1v) is 7.54. The first kappa shape index (κ1) is 15.2. The fraction of sp³-hybridized carbons (Fsp3) is 0.333. The van der Waals surface area contributed by atoms with E-state index >= 15 is 0 Å². The van der Waals surface area contributed by atoms with Crippen LogP contribution in [-0.4, -0.2) is 35.8 Å². The molecule has 0 radical (unpaired) electrons. The number of aliphatic hydroxyl groups is 1. The van der Waals surface area contributed by atoms with Crippen LogP contribution in [0.2, 0.25) is 0 Å². The molecule has 1 aliphatic heterocycles. The van der Waals surface area contributed by atoms with Gasteiger partial charge in [-0.25, -0.2) is 4.39 Å². The normalized spacial score (nSPS) is 20.7. The highest BCUT2D eigenvalue weighted by atomic mass is 19.1. The lowest BCUT2D eigenvalue weighted by Gasteiger charge is -2.35. The Labute approximate surface area is 130 Å². The van der Waals surface area contributed by atoms with Gasteiger partial charge in [0, 0.05) is 19.6 Å². The Balaban J connectivity index is 1.65. The summed E-state index contributed by atoms with van der Waals surface area (Å²) in [6.45, 7) is 2.87. The third-order valence-electron chi connectivity index (χ3n) is 3.97. The van der Waals surface area contributed by atoms with Crippen molar-refractivity contribution in [3.8, 4) is 0 Å². The molecule has 1 N–H and O–H groups in total. The van der Waals surface area contributed by atoms with Gasteiger partial charge in [0.1, 0.15) is 18.0 Å². The zero-order chi connectivity index (χ0) is 15.4. The number of nitrogens with zero attached hydrogens (tertiary/aromatic N) is 1. The van der Waals surface area contributed by atoms with Crippen molar-refractivity contribution in [3.63, 3.8) is 0 Å². The van der Waals surface area contributed by atoms with Crippen molar-refractivity contribution in [1.29, 1.82) is 0 Å². The molecule has 3 nitrogen and oxygen atoms in total. The van der Waals surface area contributed by atoms with Crippen molar-refractivity contribution < 1.29 is 14.2 Å². The number of rotatable bonds is 4. The zero-order valence-electron chi connectivity index (χ0n) is 12.4. The molecule has 4 heteroatoms. The SMILES string of the molecule is OC(c1cccc(F)c1)[C@H]1CN(Cc2ccccc2)CCO1. The summed E-state index contributed by atoms with van der Waals surface area (Å²) >= 11 is 0. The standard InChI is InChI=1S/C18H20FNO2/c19-16-8-4-7-15(11-16)18(21)17-13-20(9-10-22-17)12-14-5-2-1-3-6-14/h1-8,11,17-18,21H,9-10,12-13H2/t17-,18?/m1/s1. The summed E-state index contributed by atoms with van der Waals surface area (Å²) in [7, 11) is 0. The number of benzene rings is 2. The van der Waals surface area contributed by atoms with Crippen LogP contribution in [0.25, 0.3) is 0 Å². The van der Waals surface area contributed by atoms with Gasteiger partial charge < -0.3 is 9.84 Å². The molecule has 2 atom stereocenters. The van der Waals surface area contributed by atoms with E-state index in [1.54, 1.807) is 12.1 Å². The van der Waals surface area contributed by atoms with Gasteiger partial charge in [0.05, 0.1) is 6.61 Å². The van der Waals surface area contributed by atoms with Crippen molar-refractivity contribution in [2.45, 2.75) is 18.8 Å². The Morgan fingerprint density at radius 3 is 2.77 bits per heavy atom. The third-order valence-corrected chi connectivity index (χ3v) is 3.97. The summed E-state index contributed by atoms with van der Waals surface area (Å²) in [5.41, 5.74) is 1.80. The van der Waals surface area contributed by atoms with Gasteiger partial charge in [-0.3, -0.25) is 4.90 Å². The Morgan fingerprint density at radius 1 is 1.18 bits per heavy atom. The van der Waals surface area contributed by atoms with Gasteiger partial charge in [0.2, 0.25) is 0 Å². The van der Waals surface area contributed by atoms with Gasteiger partial charge in [0.25, 0.3) is 0 Å². The molecule has 0 bridgehead atoms. The van der Waals surface area contributed by atoms with Crippen LogP contribution in [0, 0.1) is 5.82 Å². The molecule has 1 saturated heterocycles. The molecule has 1 heterocycles. The van der Waals surface area contributed by atoms with Gasteiger partial charge in [-0.2, -0.15) is 0 Å². The lowest BCUT2D eigenvalue weighted by Crippen LogP contribution is -2.44. The molecule has 0 spiro atoms. The van der Waals surface area contributed by atoms with Crippen LogP contribution in [0.5, 0.6) is 0 Å². The maximum atomic E-state index is 13.3. The second-order valence-corrected chi connectivity index (χ2v) is 5.63. The van der Waals surface area contributed by atoms with E-state index < -0.39 is 6.10 Å². The average Bonchev–Trinajstić information content (AvgIpc) is 2.55. The molecular weight excluding hydrogens is 281 g/mol. The summed E-state index contributed by atoms with van der Waals surface area (Å²) < 4.78 is 19.0. The van der Waals surface area contributed by atoms with Gasteiger partial charge >= 0.3 is 0 Å². The van der Waals surface area contributed by atoms with E-state index in [0.717, 1.165) is 13.1 Å². The highest BCUT2D eigenvalue weighted by Gasteiger charge is 2.28. The van der Waals surface area contributed by atoms with E-state index in [0.29, 0.717) is 18.7 Å². The Hall–Kier alpha value is -1.75. The number of hydrogen-bond acceptors (Lipinski definition) is 3. The van der Waals surface area contributed by atoms with E-state index in [2.05, 4.69) is 17.0 Å². The molecular formula is C18H20FNO2. The number of aliphatic hydroxyl groups excluding tert-OH is 1. The molecule has 0 aromatic heterocycles. The predicted molar refractivity (Wildman–Crippen MR) is 82.8 cm³/mol. The van der Waals surface area contributed by atoms with Crippen LogP contribution < -0.4 is 0 Å². The lowest BCUT2D eigenvalue weighted by molar-refractivity contribution is -0.0919. The maximum absolute atomic E-state index is 13.3. The monoisotopic (exact) mass is 301 g/mol. The Morgan fingerprint density at radius 2 is 2.00 bits per heavy atom. The highest BCUT2D eigenvalue weighted by Crippen LogP contribution is 2.23. The van der Waals surface area contributed by atoms with Crippen LogP contribution in [0.15, 0.2) is 54.6 Å². The van der Waals surface area contributed by atoms with E-state index in [1.165, 1.54) is 17.7 Å². The van der Waals surface area contributed by atoms with Crippen LogP contribution in [0.4, 0.5) is 4.39 Å². The van der Waals surface area contributed by atoms with E-state index in [-0.39, 0.29) is 11.9 Å². The van der Waals surface area contributed by atoms with Crippen molar-refractivity contribution >= 4 is 0 Å². The molecule has 1 aliphatic rings. The number of hydrogen-bond donors (Lipinski definition) is 1. The predicted octanol–water partition coefficient (Wildman–Crippen LogP) is 2.76. The highest BCUT2D eigenvalue weighted by molar-refractivity contribution is 5.20. The maximum Gasteiger partial charge on any atom is 0.123 e. The summed E-state index contributed by atoms with van der Waals surface area (Å²) in [6.07, 6.45) is -1.14. The lowest BCUT2D eigenvalue weighted by atomic mass is 10.0. The quantitative estimate of drug-likeness (QED) is 0.942. The van der Waals surface area contributed by atoms with Crippen molar-refractivity contribution in [2.24, 2.45) is 0 Å². The third kappa shape index (κ3) is 3.71. The number of ether oxygens (including phenoxy) is 1. The molecule has 22 heavy (non-hydrogen) atoms. The largest absolute Gasteiger partial charge is 0.386 e. The Bertz CT molecular complexity index is 605. The second kappa shape index (κ2) is 7.01. The summed E-state index contributed by atoms with van der Waals surface area (Å²) in [4.78, 5) is 2.26. The molecule has 1 fully saturated rings. The zero-order valence-corrected chi connectivity index (χ0v) is 12.4. The van der Waals surface area contributed by atoms with Crippen LogP contribution in [0.1, 0.15) is 17.2 Å². The smallest absolute Gasteiger partial charge is 0.123 e. The van der Waals surface area contributed by atoms with Gasteiger partial charge in [0.15, 0.2) is 0 Å². The number of halogens is 1.